The largest absolute Gasteiger partial charge is 0.388 e. The summed E-state index contributed by atoms with van der Waals surface area (Å²) >= 11 is 0. The average Bonchev–Trinajstić information content (AvgIpc) is 3.26. The smallest absolute Gasteiger partial charge is 0.207 e. The maximum absolute atomic E-state index is 10.5. The van der Waals surface area contributed by atoms with Crippen molar-refractivity contribution in [1.82, 2.24) is 25.9 Å². The summed E-state index contributed by atoms with van der Waals surface area (Å²) in [4.78, 5) is 2.23. The Hall–Kier alpha value is -2.11. The third kappa shape index (κ3) is 4.31. The molecule has 1 saturated heterocycles. The van der Waals surface area contributed by atoms with Gasteiger partial charge in [-0.15, -0.1) is 10.2 Å². The van der Waals surface area contributed by atoms with Crippen molar-refractivity contribution in [2.45, 2.75) is 44.5 Å². The molecule has 1 aliphatic heterocycles. The fraction of sp³-hybridized carbons (Fsp3) is 0.611. The van der Waals surface area contributed by atoms with Gasteiger partial charge in [-0.1, -0.05) is 6.07 Å². The van der Waals surface area contributed by atoms with Gasteiger partial charge < -0.3 is 32.5 Å². The SMILES string of the molecule is C[C@@H](CN)NCc1ccc(N2CCC(O)(CN)CC2)c(-c2nn[nH]n2)c1CN. The summed E-state index contributed by atoms with van der Waals surface area (Å²) < 4.78 is 0. The lowest BCUT2D eigenvalue weighted by atomic mass is 9.90. The van der Waals surface area contributed by atoms with E-state index < -0.39 is 5.60 Å². The first-order valence-corrected chi connectivity index (χ1v) is 9.71. The summed E-state index contributed by atoms with van der Waals surface area (Å²) in [5, 5.41) is 28.5. The Morgan fingerprint density at radius 3 is 2.61 bits per heavy atom. The van der Waals surface area contributed by atoms with Crippen LogP contribution in [-0.4, -0.2) is 63.6 Å². The second-order valence-corrected chi connectivity index (χ2v) is 7.47. The fourth-order valence-electron chi connectivity index (χ4n) is 3.59. The Balaban J connectivity index is 1.96. The molecule has 1 aromatic heterocycles. The molecule has 0 amide bonds. The van der Waals surface area contributed by atoms with Crippen molar-refractivity contribution in [1.29, 1.82) is 0 Å². The van der Waals surface area contributed by atoms with Crippen LogP contribution in [0.15, 0.2) is 12.1 Å². The summed E-state index contributed by atoms with van der Waals surface area (Å²) in [5.41, 5.74) is 20.7. The number of nitrogens with zero attached hydrogens (tertiary/aromatic N) is 4. The van der Waals surface area contributed by atoms with Gasteiger partial charge in [-0.3, -0.25) is 0 Å². The van der Waals surface area contributed by atoms with Crippen molar-refractivity contribution in [3.8, 4) is 11.4 Å². The van der Waals surface area contributed by atoms with E-state index in [1.807, 2.05) is 6.92 Å². The number of nitrogens with one attached hydrogen (secondary N) is 2. The minimum atomic E-state index is -0.790. The van der Waals surface area contributed by atoms with Gasteiger partial charge in [0.1, 0.15) is 0 Å². The number of piperidine rings is 1. The van der Waals surface area contributed by atoms with Gasteiger partial charge in [-0.25, -0.2) is 0 Å². The zero-order valence-corrected chi connectivity index (χ0v) is 16.4. The van der Waals surface area contributed by atoms with Crippen molar-refractivity contribution < 1.29 is 5.11 Å². The molecule has 3 rings (SSSR count). The monoisotopic (exact) mass is 389 g/mol. The zero-order chi connectivity index (χ0) is 20.1. The van der Waals surface area contributed by atoms with Crippen molar-refractivity contribution >= 4 is 5.69 Å². The molecule has 0 aliphatic carbocycles. The number of hydrogen-bond donors (Lipinski definition) is 6. The van der Waals surface area contributed by atoms with Gasteiger partial charge in [-0.05, 0) is 42.2 Å². The quantitative estimate of drug-likeness (QED) is 0.333. The van der Waals surface area contributed by atoms with Crippen molar-refractivity contribution in [2.75, 3.05) is 31.1 Å². The molecule has 0 bridgehead atoms. The molecular formula is C18H31N9O. The molecule has 9 N–H and O–H groups in total. The highest BCUT2D eigenvalue weighted by Gasteiger charge is 2.32. The topological polar surface area (TPSA) is 168 Å². The van der Waals surface area contributed by atoms with Gasteiger partial charge >= 0.3 is 0 Å². The number of benzene rings is 1. The van der Waals surface area contributed by atoms with Crippen LogP contribution in [0.1, 0.15) is 30.9 Å². The predicted octanol–water partition coefficient (Wildman–Crippen LogP) is -0.948. The van der Waals surface area contributed by atoms with Crippen LogP contribution >= 0.6 is 0 Å². The number of hydrogen-bond acceptors (Lipinski definition) is 9. The molecule has 1 atom stereocenters. The normalized spacial score (nSPS) is 17.7. The van der Waals surface area contributed by atoms with Crippen molar-refractivity contribution in [2.24, 2.45) is 17.2 Å². The molecular weight excluding hydrogens is 358 g/mol. The van der Waals surface area contributed by atoms with Gasteiger partial charge in [0.05, 0.1) is 11.2 Å². The Kier molecular flexibility index (Phi) is 6.57. The van der Waals surface area contributed by atoms with E-state index in [0.29, 0.717) is 51.4 Å². The average molecular weight is 390 g/mol. The Bertz CT molecular complexity index is 757. The Morgan fingerprint density at radius 2 is 2.04 bits per heavy atom. The van der Waals surface area contributed by atoms with Gasteiger partial charge in [0.2, 0.25) is 5.82 Å². The molecule has 2 aromatic rings. The van der Waals surface area contributed by atoms with Crippen LogP contribution in [0.3, 0.4) is 0 Å². The second-order valence-electron chi connectivity index (χ2n) is 7.47. The molecule has 10 nitrogen and oxygen atoms in total. The number of nitrogens with two attached hydrogens (primary N) is 3. The van der Waals surface area contributed by atoms with Crippen LogP contribution < -0.4 is 27.4 Å². The maximum Gasteiger partial charge on any atom is 0.207 e. The van der Waals surface area contributed by atoms with Crippen LogP contribution in [0.25, 0.3) is 11.4 Å². The third-order valence-corrected chi connectivity index (χ3v) is 5.57. The van der Waals surface area contributed by atoms with Crippen LogP contribution in [0, 0.1) is 0 Å². The molecule has 28 heavy (non-hydrogen) atoms. The summed E-state index contributed by atoms with van der Waals surface area (Å²) in [6.07, 6.45) is 1.23. The van der Waals surface area contributed by atoms with Gasteiger partial charge in [0, 0.05) is 51.0 Å². The number of H-pyrrole nitrogens is 1. The molecule has 2 heterocycles. The molecule has 0 radical (unpaired) electrons. The van der Waals surface area contributed by atoms with E-state index in [9.17, 15) is 5.11 Å². The molecule has 1 aromatic carbocycles. The van der Waals surface area contributed by atoms with Crippen LogP contribution in [-0.2, 0) is 13.1 Å². The Morgan fingerprint density at radius 1 is 1.29 bits per heavy atom. The number of aromatic amines is 1. The molecule has 0 saturated carbocycles. The highest BCUT2D eigenvalue weighted by Crippen LogP contribution is 2.36. The minimum Gasteiger partial charge on any atom is -0.388 e. The van der Waals surface area contributed by atoms with E-state index in [2.05, 4.69) is 43.0 Å². The number of tetrazole rings is 1. The molecule has 10 heteroatoms. The highest BCUT2D eigenvalue weighted by molar-refractivity contribution is 5.79. The molecule has 0 unspecified atom stereocenters. The minimum absolute atomic E-state index is 0.204. The number of aromatic nitrogens is 4. The second kappa shape index (κ2) is 8.93. The van der Waals surface area contributed by atoms with Crippen LogP contribution in [0.5, 0.6) is 0 Å². The van der Waals surface area contributed by atoms with Gasteiger partial charge in [-0.2, -0.15) is 5.21 Å². The molecule has 154 valence electrons. The van der Waals surface area contributed by atoms with Gasteiger partial charge in [0.25, 0.3) is 0 Å². The van der Waals surface area contributed by atoms with Crippen molar-refractivity contribution in [3.63, 3.8) is 0 Å². The molecule has 1 aliphatic rings. The highest BCUT2D eigenvalue weighted by atomic mass is 16.3. The third-order valence-electron chi connectivity index (χ3n) is 5.57. The first-order chi connectivity index (χ1) is 13.5. The van der Waals surface area contributed by atoms with E-state index in [4.69, 9.17) is 17.2 Å². The maximum atomic E-state index is 10.5. The number of aliphatic hydroxyl groups is 1. The van der Waals surface area contributed by atoms with E-state index >= 15 is 0 Å². The standard InChI is InChI=1S/C18H31N9O/c1-12(8-19)22-10-13-2-3-15(27-6-4-18(28,11-21)5-7-27)16(14(13)9-20)17-23-25-26-24-17/h2-3,12,22,28H,4-11,19-21H2,1H3,(H,23,24,25,26)/t12-/m0/s1. The van der Waals surface area contributed by atoms with Crippen LogP contribution in [0.2, 0.25) is 0 Å². The summed E-state index contributed by atoms with van der Waals surface area (Å²) in [7, 11) is 0. The lowest BCUT2D eigenvalue weighted by Crippen LogP contribution is -2.48. The predicted molar refractivity (Wildman–Crippen MR) is 108 cm³/mol. The lowest BCUT2D eigenvalue weighted by molar-refractivity contribution is 0.0250. The van der Waals surface area contributed by atoms with Crippen LogP contribution in [0.4, 0.5) is 5.69 Å². The van der Waals surface area contributed by atoms with E-state index in [-0.39, 0.29) is 12.6 Å². The number of rotatable bonds is 8. The summed E-state index contributed by atoms with van der Waals surface area (Å²) in [6, 6.07) is 4.36. The summed E-state index contributed by atoms with van der Waals surface area (Å²) in [6.45, 7) is 5.29. The zero-order valence-electron chi connectivity index (χ0n) is 16.4. The van der Waals surface area contributed by atoms with E-state index in [0.717, 1.165) is 22.4 Å². The first kappa shape index (κ1) is 20.6. The number of anilines is 1. The first-order valence-electron chi connectivity index (χ1n) is 9.71. The van der Waals surface area contributed by atoms with Gasteiger partial charge in [0.15, 0.2) is 0 Å². The Labute approximate surface area is 164 Å². The van der Waals surface area contributed by atoms with E-state index in [1.54, 1.807) is 0 Å². The summed E-state index contributed by atoms with van der Waals surface area (Å²) in [5.74, 6) is 0.517. The molecule has 1 fully saturated rings. The van der Waals surface area contributed by atoms with E-state index in [1.165, 1.54) is 0 Å². The molecule has 0 spiro atoms. The lowest BCUT2D eigenvalue weighted by Gasteiger charge is -2.39. The van der Waals surface area contributed by atoms with Crippen molar-refractivity contribution in [3.05, 3.63) is 23.3 Å². The fourth-order valence-corrected chi connectivity index (χ4v) is 3.59.